The van der Waals surface area contributed by atoms with Gasteiger partial charge in [-0.05, 0) is 59.6 Å². The van der Waals surface area contributed by atoms with Gasteiger partial charge in [0.1, 0.15) is 0 Å². The second kappa shape index (κ2) is 7.94. The first-order valence-corrected chi connectivity index (χ1v) is 8.76. The van der Waals surface area contributed by atoms with Gasteiger partial charge < -0.3 is 10.6 Å². The molecule has 0 aromatic heterocycles. The van der Waals surface area contributed by atoms with Crippen LogP contribution in [0.5, 0.6) is 0 Å². The van der Waals surface area contributed by atoms with Crippen molar-refractivity contribution in [1.82, 2.24) is 0 Å². The van der Waals surface area contributed by atoms with Crippen molar-refractivity contribution in [1.29, 1.82) is 0 Å². The molecule has 128 valence electrons. The van der Waals surface area contributed by atoms with Crippen LogP contribution in [-0.4, -0.2) is 10.9 Å². The zero-order chi connectivity index (χ0) is 17.7. The highest BCUT2D eigenvalue weighted by Gasteiger charge is 2.13. The van der Waals surface area contributed by atoms with E-state index < -0.39 is 5.76 Å². The van der Waals surface area contributed by atoms with Gasteiger partial charge in [-0.2, -0.15) is 8.78 Å². The molecule has 2 nitrogen and oxygen atoms in total. The number of alkyl halides is 2. The number of hydrogen-bond donors (Lipinski definition) is 2. The molecule has 0 amide bonds. The molecule has 0 fully saturated rings. The molecule has 0 bridgehead atoms. The van der Waals surface area contributed by atoms with Crippen LogP contribution in [0.2, 0.25) is 0 Å². The lowest BCUT2D eigenvalue weighted by molar-refractivity contribution is 0.252. The second-order valence-electron chi connectivity index (χ2n) is 6.31. The van der Waals surface area contributed by atoms with E-state index >= 15 is 0 Å². The Hall–Kier alpha value is -1.66. The molecule has 0 aliphatic carbocycles. The highest BCUT2D eigenvalue weighted by molar-refractivity contribution is 7.99. The molecule has 24 heavy (non-hydrogen) atoms. The minimum absolute atomic E-state index is 0.106. The first-order valence-electron chi connectivity index (χ1n) is 7.47. The normalized spacial score (nSPS) is 11.4. The van der Waals surface area contributed by atoms with Gasteiger partial charge in [0.2, 0.25) is 0 Å². The van der Waals surface area contributed by atoms with Crippen LogP contribution in [0.1, 0.15) is 26.3 Å². The molecular formula is C18H20F2N2S2. The molecule has 6 heteroatoms. The summed E-state index contributed by atoms with van der Waals surface area (Å²) in [7, 11) is 0. The molecule has 2 N–H and O–H groups in total. The molecule has 0 radical (unpaired) electrons. The fourth-order valence-electron chi connectivity index (χ4n) is 2.07. The third-order valence-corrected chi connectivity index (χ3v) is 4.27. The molecular weight excluding hydrogens is 346 g/mol. The van der Waals surface area contributed by atoms with Crippen molar-refractivity contribution in [2.45, 2.75) is 36.8 Å². The van der Waals surface area contributed by atoms with Crippen LogP contribution in [0.3, 0.4) is 0 Å². The zero-order valence-electron chi connectivity index (χ0n) is 13.8. The van der Waals surface area contributed by atoms with Gasteiger partial charge in [0.25, 0.3) is 5.76 Å². The minimum atomic E-state index is -2.41. The number of benzene rings is 2. The van der Waals surface area contributed by atoms with E-state index in [0.717, 1.165) is 11.4 Å². The fraction of sp³-hybridized carbons (Fsp3) is 0.278. The maximum Gasteiger partial charge on any atom is 0.288 e. The van der Waals surface area contributed by atoms with E-state index in [1.54, 1.807) is 24.3 Å². The van der Waals surface area contributed by atoms with Crippen molar-refractivity contribution >= 4 is 40.5 Å². The predicted octanol–water partition coefficient (Wildman–Crippen LogP) is 6.11. The zero-order valence-corrected chi connectivity index (χ0v) is 15.4. The van der Waals surface area contributed by atoms with Crippen molar-refractivity contribution in [3.8, 4) is 0 Å². The second-order valence-corrected chi connectivity index (χ2v) is 7.78. The standard InChI is InChI=1S/C18H20F2N2S2/c1-18(2,3)12-4-6-13(7-5-12)21-17(23)22-14-8-10-15(11-9-14)24-16(19)20/h4-11,16H,1-3H3,(H2,21,22,23). The molecule has 0 saturated carbocycles. The van der Waals surface area contributed by atoms with Gasteiger partial charge in [0.15, 0.2) is 5.11 Å². The molecule has 0 unspecified atom stereocenters. The Kier molecular flexibility index (Phi) is 6.18. The summed E-state index contributed by atoms with van der Waals surface area (Å²) in [6, 6.07) is 14.8. The van der Waals surface area contributed by atoms with Crippen molar-refractivity contribution in [2.75, 3.05) is 10.6 Å². The Balaban J connectivity index is 1.93. The van der Waals surface area contributed by atoms with Crippen molar-refractivity contribution in [3.05, 3.63) is 54.1 Å². The number of halogens is 2. The van der Waals surface area contributed by atoms with Crippen molar-refractivity contribution < 1.29 is 8.78 Å². The van der Waals surface area contributed by atoms with Gasteiger partial charge in [0, 0.05) is 16.3 Å². The Morgan fingerprint density at radius 3 is 1.79 bits per heavy atom. The van der Waals surface area contributed by atoms with E-state index in [0.29, 0.717) is 21.8 Å². The monoisotopic (exact) mass is 366 g/mol. The van der Waals surface area contributed by atoms with Crippen LogP contribution in [0.25, 0.3) is 0 Å². The summed E-state index contributed by atoms with van der Waals surface area (Å²) in [5, 5.41) is 6.60. The summed E-state index contributed by atoms with van der Waals surface area (Å²) < 4.78 is 24.6. The Labute approximate surface area is 151 Å². The van der Waals surface area contributed by atoms with E-state index in [1.165, 1.54) is 5.56 Å². The summed E-state index contributed by atoms with van der Waals surface area (Å²) in [6.45, 7) is 6.49. The molecule has 0 atom stereocenters. The average molecular weight is 367 g/mol. The molecule has 0 heterocycles. The lowest BCUT2D eigenvalue weighted by Crippen LogP contribution is -2.19. The van der Waals surface area contributed by atoms with Gasteiger partial charge >= 0.3 is 0 Å². The van der Waals surface area contributed by atoms with E-state index in [2.05, 4.69) is 43.5 Å². The summed E-state index contributed by atoms with van der Waals surface area (Å²) in [5.74, 6) is -2.41. The van der Waals surface area contributed by atoms with E-state index in [4.69, 9.17) is 12.2 Å². The summed E-state index contributed by atoms with van der Waals surface area (Å²) in [6.07, 6.45) is 0. The quantitative estimate of drug-likeness (QED) is 0.504. The lowest BCUT2D eigenvalue weighted by Gasteiger charge is -2.19. The third kappa shape index (κ3) is 5.76. The van der Waals surface area contributed by atoms with Gasteiger partial charge in [-0.3, -0.25) is 0 Å². The van der Waals surface area contributed by atoms with Crippen LogP contribution < -0.4 is 10.6 Å². The number of thioether (sulfide) groups is 1. The first-order chi connectivity index (χ1) is 11.2. The lowest BCUT2D eigenvalue weighted by atomic mass is 9.87. The van der Waals surface area contributed by atoms with Gasteiger partial charge in [-0.25, -0.2) is 0 Å². The van der Waals surface area contributed by atoms with Gasteiger partial charge in [-0.15, -0.1) is 0 Å². The molecule has 2 aromatic carbocycles. The SMILES string of the molecule is CC(C)(C)c1ccc(NC(=S)Nc2ccc(SC(F)F)cc2)cc1. The molecule has 2 rings (SSSR count). The maximum atomic E-state index is 12.3. The minimum Gasteiger partial charge on any atom is -0.332 e. The highest BCUT2D eigenvalue weighted by atomic mass is 32.2. The molecule has 0 saturated heterocycles. The summed E-state index contributed by atoms with van der Waals surface area (Å²) in [5.41, 5.74) is 3.00. The Morgan fingerprint density at radius 1 is 0.917 bits per heavy atom. The Morgan fingerprint density at radius 2 is 1.38 bits per heavy atom. The predicted molar refractivity (Wildman–Crippen MR) is 103 cm³/mol. The van der Waals surface area contributed by atoms with Crippen LogP contribution in [0.4, 0.5) is 20.2 Å². The maximum absolute atomic E-state index is 12.3. The highest BCUT2D eigenvalue weighted by Crippen LogP contribution is 2.26. The first kappa shape index (κ1) is 18.7. The smallest absolute Gasteiger partial charge is 0.288 e. The van der Waals surface area contributed by atoms with E-state index in [1.807, 2.05) is 12.1 Å². The largest absolute Gasteiger partial charge is 0.332 e. The van der Waals surface area contributed by atoms with Crippen LogP contribution in [0, 0.1) is 0 Å². The topological polar surface area (TPSA) is 24.1 Å². The number of anilines is 2. The van der Waals surface area contributed by atoms with Gasteiger partial charge in [-0.1, -0.05) is 44.7 Å². The summed E-state index contributed by atoms with van der Waals surface area (Å²) in [4.78, 5) is 0.521. The van der Waals surface area contributed by atoms with E-state index in [-0.39, 0.29) is 5.41 Å². The van der Waals surface area contributed by atoms with Crippen LogP contribution in [0.15, 0.2) is 53.4 Å². The van der Waals surface area contributed by atoms with Crippen molar-refractivity contribution in [2.24, 2.45) is 0 Å². The van der Waals surface area contributed by atoms with Crippen LogP contribution >= 0.6 is 24.0 Å². The third-order valence-electron chi connectivity index (χ3n) is 3.35. The van der Waals surface area contributed by atoms with E-state index in [9.17, 15) is 8.78 Å². The van der Waals surface area contributed by atoms with Crippen molar-refractivity contribution in [3.63, 3.8) is 0 Å². The summed E-state index contributed by atoms with van der Waals surface area (Å²) >= 11 is 5.80. The molecule has 0 aliphatic heterocycles. The Bertz CT molecular complexity index is 678. The fourth-order valence-corrected chi connectivity index (χ4v) is 2.80. The molecule has 2 aromatic rings. The number of hydrogen-bond acceptors (Lipinski definition) is 2. The average Bonchev–Trinajstić information content (AvgIpc) is 2.48. The number of rotatable bonds is 4. The number of nitrogens with one attached hydrogen (secondary N) is 2. The number of thiocarbonyl (C=S) groups is 1. The van der Waals surface area contributed by atoms with Crippen LogP contribution in [-0.2, 0) is 5.41 Å². The van der Waals surface area contributed by atoms with Gasteiger partial charge in [0.05, 0.1) is 0 Å². The molecule has 0 aliphatic rings. The molecule has 0 spiro atoms.